The second-order valence-electron chi connectivity index (χ2n) is 5.33. The van der Waals surface area contributed by atoms with Gasteiger partial charge < -0.3 is 5.32 Å². The average Bonchev–Trinajstić information content (AvgIpc) is 2.99. The lowest BCUT2D eigenvalue weighted by atomic mass is 10.1. The van der Waals surface area contributed by atoms with Gasteiger partial charge in [-0.1, -0.05) is 20.3 Å². The molecule has 0 aromatic rings. The lowest BCUT2D eigenvalue weighted by Gasteiger charge is -2.23. The Balaban J connectivity index is 1.60. The van der Waals surface area contributed by atoms with E-state index in [0.29, 0.717) is 0 Å². The molecular formula is C13H26N2. The number of nitrogens with zero attached hydrogens (tertiary/aromatic N) is 1. The largest absolute Gasteiger partial charge is 0.312 e. The van der Waals surface area contributed by atoms with Crippen LogP contribution < -0.4 is 5.32 Å². The molecule has 0 amide bonds. The highest BCUT2D eigenvalue weighted by Gasteiger charge is 2.28. The molecule has 15 heavy (non-hydrogen) atoms. The van der Waals surface area contributed by atoms with Crippen LogP contribution in [0, 0.1) is 5.92 Å². The molecule has 2 atom stereocenters. The third-order valence-electron chi connectivity index (χ3n) is 4.14. The van der Waals surface area contributed by atoms with Crippen molar-refractivity contribution in [2.75, 3.05) is 19.6 Å². The molecule has 0 spiro atoms. The highest BCUT2D eigenvalue weighted by Crippen LogP contribution is 2.26. The molecule has 0 bridgehead atoms. The third kappa shape index (κ3) is 3.18. The number of hydrogen-bond donors (Lipinski definition) is 1. The summed E-state index contributed by atoms with van der Waals surface area (Å²) in [6.07, 6.45) is 7.13. The topological polar surface area (TPSA) is 15.3 Å². The summed E-state index contributed by atoms with van der Waals surface area (Å²) < 4.78 is 0. The first-order valence-electron chi connectivity index (χ1n) is 6.78. The molecule has 2 aliphatic rings. The first-order valence-corrected chi connectivity index (χ1v) is 6.78. The van der Waals surface area contributed by atoms with Crippen molar-refractivity contribution < 1.29 is 0 Å². The monoisotopic (exact) mass is 210 g/mol. The predicted octanol–water partition coefficient (Wildman–Crippen LogP) is 2.25. The Labute approximate surface area is 94.4 Å². The maximum absolute atomic E-state index is 3.74. The van der Waals surface area contributed by atoms with E-state index in [1.54, 1.807) is 0 Å². The Kier molecular flexibility index (Phi) is 4.04. The Hall–Kier alpha value is -0.0800. The van der Waals surface area contributed by atoms with Gasteiger partial charge in [0, 0.05) is 25.2 Å². The highest BCUT2D eigenvalue weighted by atomic mass is 15.2. The van der Waals surface area contributed by atoms with Gasteiger partial charge in [0.15, 0.2) is 0 Å². The van der Waals surface area contributed by atoms with E-state index in [4.69, 9.17) is 0 Å². The van der Waals surface area contributed by atoms with Gasteiger partial charge in [0.25, 0.3) is 0 Å². The molecule has 1 N–H and O–H groups in total. The van der Waals surface area contributed by atoms with Crippen LogP contribution >= 0.6 is 0 Å². The molecule has 0 saturated heterocycles. The molecule has 2 fully saturated rings. The van der Waals surface area contributed by atoms with E-state index in [1.807, 2.05) is 0 Å². The minimum Gasteiger partial charge on any atom is -0.312 e. The van der Waals surface area contributed by atoms with Crippen LogP contribution in [-0.4, -0.2) is 36.6 Å². The molecule has 0 aromatic heterocycles. The van der Waals surface area contributed by atoms with Crippen molar-refractivity contribution in [2.24, 2.45) is 5.92 Å². The summed E-state index contributed by atoms with van der Waals surface area (Å²) in [5.41, 5.74) is 0. The Bertz CT molecular complexity index is 187. The van der Waals surface area contributed by atoms with Gasteiger partial charge in [-0.15, -0.1) is 0 Å². The lowest BCUT2D eigenvalue weighted by molar-refractivity contribution is 0.267. The first kappa shape index (κ1) is 11.4. The molecule has 88 valence electrons. The summed E-state index contributed by atoms with van der Waals surface area (Å²) in [6, 6.07) is 1.74. The number of likely N-dealkylation sites (N-methyl/N-ethyl adjacent to an activating group) is 1. The molecule has 2 heteroatoms. The van der Waals surface area contributed by atoms with Crippen LogP contribution in [0.15, 0.2) is 0 Å². The van der Waals surface area contributed by atoms with E-state index in [1.165, 1.54) is 51.7 Å². The summed E-state index contributed by atoms with van der Waals surface area (Å²) in [4.78, 5) is 2.63. The standard InChI is InChI=1S/C13H26N2/c1-3-15(12-7-8-12)10-9-14-13-6-4-5-11(13)2/h11-14H,3-10H2,1-2H3. The van der Waals surface area contributed by atoms with E-state index >= 15 is 0 Å². The molecular weight excluding hydrogens is 184 g/mol. The van der Waals surface area contributed by atoms with E-state index in [0.717, 1.165) is 18.0 Å². The zero-order valence-electron chi connectivity index (χ0n) is 10.3. The maximum atomic E-state index is 3.74. The van der Waals surface area contributed by atoms with Crippen molar-refractivity contribution in [2.45, 2.75) is 58.0 Å². The summed E-state index contributed by atoms with van der Waals surface area (Å²) in [5.74, 6) is 0.904. The van der Waals surface area contributed by atoms with Crippen LogP contribution in [0.3, 0.4) is 0 Å². The van der Waals surface area contributed by atoms with Crippen molar-refractivity contribution in [3.05, 3.63) is 0 Å². The molecule has 0 aliphatic heterocycles. The minimum atomic E-state index is 0.808. The van der Waals surface area contributed by atoms with Gasteiger partial charge in [-0.05, 0) is 38.1 Å². The van der Waals surface area contributed by atoms with Gasteiger partial charge in [0.2, 0.25) is 0 Å². The third-order valence-corrected chi connectivity index (χ3v) is 4.14. The van der Waals surface area contributed by atoms with Crippen molar-refractivity contribution in [1.82, 2.24) is 10.2 Å². The number of rotatable bonds is 6. The van der Waals surface area contributed by atoms with Gasteiger partial charge in [-0.3, -0.25) is 4.90 Å². The molecule has 2 unspecified atom stereocenters. The minimum absolute atomic E-state index is 0.808. The zero-order chi connectivity index (χ0) is 10.7. The highest BCUT2D eigenvalue weighted by molar-refractivity contribution is 4.85. The van der Waals surface area contributed by atoms with E-state index < -0.39 is 0 Å². The van der Waals surface area contributed by atoms with E-state index in [-0.39, 0.29) is 0 Å². The molecule has 0 aromatic carbocycles. The Morgan fingerprint density at radius 1 is 1.20 bits per heavy atom. The van der Waals surface area contributed by atoms with Gasteiger partial charge in [-0.25, -0.2) is 0 Å². The molecule has 2 nitrogen and oxygen atoms in total. The first-order chi connectivity index (χ1) is 7.31. The second kappa shape index (κ2) is 5.31. The fourth-order valence-electron chi connectivity index (χ4n) is 2.88. The van der Waals surface area contributed by atoms with Crippen LogP contribution in [-0.2, 0) is 0 Å². The van der Waals surface area contributed by atoms with Crippen molar-refractivity contribution in [3.8, 4) is 0 Å². The summed E-state index contributed by atoms with van der Waals surface area (Å²) in [6.45, 7) is 8.36. The fraction of sp³-hybridized carbons (Fsp3) is 1.00. The van der Waals surface area contributed by atoms with Gasteiger partial charge in [0.1, 0.15) is 0 Å². The van der Waals surface area contributed by atoms with Crippen LogP contribution in [0.5, 0.6) is 0 Å². The Morgan fingerprint density at radius 2 is 2.00 bits per heavy atom. The smallest absolute Gasteiger partial charge is 0.0110 e. The fourth-order valence-corrected chi connectivity index (χ4v) is 2.88. The summed E-state index contributed by atoms with van der Waals surface area (Å²) >= 11 is 0. The van der Waals surface area contributed by atoms with E-state index in [2.05, 4.69) is 24.1 Å². The van der Waals surface area contributed by atoms with E-state index in [9.17, 15) is 0 Å². The average molecular weight is 210 g/mol. The molecule has 2 saturated carbocycles. The van der Waals surface area contributed by atoms with Crippen molar-refractivity contribution in [1.29, 1.82) is 0 Å². The molecule has 0 heterocycles. The predicted molar refractivity (Wildman–Crippen MR) is 65.1 cm³/mol. The second-order valence-corrected chi connectivity index (χ2v) is 5.33. The molecule has 2 aliphatic carbocycles. The lowest BCUT2D eigenvalue weighted by Crippen LogP contribution is -2.39. The summed E-state index contributed by atoms with van der Waals surface area (Å²) in [7, 11) is 0. The normalized spacial score (nSPS) is 31.4. The van der Waals surface area contributed by atoms with Gasteiger partial charge in [-0.2, -0.15) is 0 Å². The number of hydrogen-bond acceptors (Lipinski definition) is 2. The summed E-state index contributed by atoms with van der Waals surface area (Å²) in [5, 5.41) is 3.74. The molecule has 2 rings (SSSR count). The molecule has 0 radical (unpaired) electrons. The SMILES string of the molecule is CCN(CCNC1CCCC1C)C1CC1. The zero-order valence-corrected chi connectivity index (χ0v) is 10.3. The quantitative estimate of drug-likeness (QED) is 0.723. The van der Waals surface area contributed by atoms with Crippen molar-refractivity contribution >= 4 is 0 Å². The van der Waals surface area contributed by atoms with Crippen LogP contribution in [0.4, 0.5) is 0 Å². The Morgan fingerprint density at radius 3 is 2.53 bits per heavy atom. The maximum Gasteiger partial charge on any atom is 0.0110 e. The van der Waals surface area contributed by atoms with Crippen LogP contribution in [0.2, 0.25) is 0 Å². The van der Waals surface area contributed by atoms with Gasteiger partial charge in [0.05, 0.1) is 0 Å². The van der Waals surface area contributed by atoms with Gasteiger partial charge >= 0.3 is 0 Å². The van der Waals surface area contributed by atoms with Crippen LogP contribution in [0.25, 0.3) is 0 Å². The van der Waals surface area contributed by atoms with Crippen molar-refractivity contribution in [3.63, 3.8) is 0 Å². The van der Waals surface area contributed by atoms with Crippen LogP contribution in [0.1, 0.15) is 46.0 Å². The number of nitrogens with one attached hydrogen (secondary N) is 1.